The normalized spacial score (nSPS) is 20.2. The van der Waals surface area contributed by atoms with Gasteiger partial charge in [-0.2, -0.15) is 0 Å². The van der Waals surface area contributed by atoms with E-state index < -0.39 is 0 Å². The molecule has 2 N–H and O–H groups in total. The fourth-order valence-corrected chi connectivity index (χ4v) is 1.99. The van der Waals surface area contributed by atoms with E-state index in [1.807, 2.05) is 7.05 Å². The van der Waals surface area contributed by atoms with Crippen molar-refractivity contribution in [3.8, 4) is 0 Å². The molecule has 0 aromatic heterocycles. The number of aliphatic hydroxyl groups excluding tert-OH is 1. The first-order valence-electron chi connectivity index (χ1n) is 6.16. The molecule has 0 bridgehead atoms. The molecule has 1 aliphatic rings. The summed E-state index contributed by atoms with van der Waals surface area (Å²) < 4.78 is 5.66. The van der Waals surface area contributed by atoms with E-state index in [0.29, 0.717) is 12.5 Å². The zero-order chi connectivity index (χ0) is 11.1. The molecular weight excluding hydrogens is 190 g/mol. The van der Waals surface area contributed by atoms with Crippen molar-refractivity contribution in [1.29, 1.82) is 0 Å². The van der Waals surface area contributed by atoms with Gasteiger partial charge in [0.25, 0.3) is 0 Å². The molecule has 0 aromatic rings. The van der Waals surface area contributed by atoms with Gasteiger partial charge in [-0.15, -0.1) is 0 Å². The third-order valence-electron chi connectivity index (χ3n) is 3.39. The van der Waals surface area contributed by atoms with Crippen molar-refractivity contribution in [3.05, 3.63) is 0 Å². The van der Waals surface area contributed by atoms with Crippen molar-refractivity contribution in [2.75, 3.05) is 26.9 Å². The van der Waals surface area contributed by atoms with Crippen LogP contribution in [-0.2, 0) is 4.74 Å². The predicted octanol–water partition coefficient (Wildman–Crippen LogP) is 1.55. The number of aliphatic hydroxyl groups is 1. The van der Waals surface area contributed by atoms with Gasteiger partial charge in [0.15, 0.2) is 0 Å². The van der Waals surface area contributed by atoms with Crippen LogP contribution in [0.4, 0.5) is 0 Å². The maximum Gasteiger partial charge on any atom is 0.0676 e. The summed E-state index contributed by atoms with van der Waals surface area (Å²) in [6.07, 6.45) is 6.03. The van der Waals surface area contributed by atoms with Crippen molar-refractivity contribution in [2.45, 2.75) is 44.6 Å². The second kappa shape index (κ2) is 6.46. The molecule has 0 saturated heterocycles. The van der Waals surface area contributed by atoms with Gasteiger partial charge in [0, 0.05) is 6.61 Å². The van der Waals surface area contributed by atoms with Gasteiger partial charge in [-0.3, -0.25) is 0 Å². The molecule has 0 aromatic carbocycles. The van der Waals surface area contributed by atoms with Crippen LogP contribution in [0.1, 0.15) is 39.0 Å². The maximum atomic E-state index is 9.45. The molecule has 1 atom stereocenters. The van der Waals surface area contributed by atoms with Crippen LogP contribution in [-0.4, -0.2) is 37.5 Å². The van der Waals surface area contributed by atoms with E-state index in [-0.39, 0.29) is 12.1 Å². The van der Waals surface area contributed by atoms with Crippen LogP contribution < -0.4 is 5.32 Å². The van der Waals surface area contributed by atoms with Crippen molar-refractivity contribution in [2.24, 2.45) is 5.92 Å². The van der Waals surface area contributed by atoms with Gasteiger partial charge in [0.05, 0.1) is 18.8 Å². The first kappa shape index (κ1) is 12.9. The van der Waals surface area contributed by atoms with Crippen LogP contribution in [0.15, 0.2) is 0 Å². The second-order valence-electron chi connectivity index (χ2n) is 4.60. The highest BCUT2D eigenvalue weighted by atomic mass is 16.5. The van der Waals surface area contributed by atoms with Gasteiger partial charge >= 0.3 is 0 Å². The van der Waals surface area contributed by atoms with Gasteiger partial charge in [-0.05, 0) is 32.2 Å². The molecule has 0 aliphatic heterocycles. The van der Waals surface area contributed by atoms with E-state index in [9.17, 15) is 5.11 Å². The number of unbranched alkanes of at least 4 members (excludes halogenated alkanes) is 2. The summed E-state index contributed by atoms with van der Waals surface area (Å²) in [7, 11) is 1.92. The van der Waals surface area contributed by atoms with Crippen LogP contribution in [0.25, 0.3) is 0 Å². The topological polar surface area (TPSA) is 41.5 Å². The Morgan fingerprint density at radius 2 is 2.13 bits per heavy atom. The Kier molecular flexibility index (Phi) is 5.58. The Hall–Kier alpha value is -0.120. The summed E-state index contributed by atoms with van der Waals surface area (Å²) >= 11 is 0. The molecular formula is C12H25NO2. The fourth-order valence-electron chi connectivity index (χ4n) is 1.99. The second-order valence-corrected chi connectivity index (χ2v) is 4.60. The molecule has 1 aliphatic carbocycles. The average Bonchev–Trinajstić information content (AvgIpc) is 3.08. The van der Waals surface area contributed by atoms with Gasteiger partial charge in [-0.25, -0.2) is 0 Å². The summed E-state index contributed by atoms with van der Waals surface area (Å²) in [6, 6.07) is 0. The number of rotatable bonds is 9. The molecule has 90 valence electrons. The standard InChI is InChI=1S/C12H25NO2/c1-3-4-5-8-15-10-12(9-14,13-2)11-6-7-11/h11,13-14H,3-10H2,1-2H3. The number of nitrogens with one attached hydrogen (secondary N) is 1. The first-order valence-corrected chi connectivity index (χ1v) is 6.16. The van der Waals surface area contributed by atoms with E-state index in [1.54, 1.807) is 0 Å². The van der Waals surface area contributed by atoms with E-state index in [2.05, 4.69) is 12.2 Å². The molecule has 3 nitrogen and oxygen atoms in total. The molecule has 0 amide bonds. The molecule has 0 radical (unpaired) electrons. The lowest BCUT2D eigenvalue weighted by Crippen LogP contribution is -2.52. The lowest BCUT2D eigenvalue weighted by atomic mass is 9.96. The summed E-state index contributed by atoms with van der Waals surface area (Å²) in [4.78, 5) is 0. The SMILES string of the molecule is CCCCCOCC(CO)(NC)C1CC1. The Balaban J connectivity index is 2.19. The van der Waals surface area contributed by atoms with Crippen LogP contribution >= 0.6 is 0 Å². The fraction of sp³-hybridized carbons (Fsp3) is 1.00. The Morgan fingerprint density at radius 1 is 1.40 bits per heavy atom. The summed E-state index contributed by atoms with van der Waals surface area (Å²) in [5.74, 6) is 0.610. The van der Waals surface area contributed by atoms with Crippen LogP contribution in [0, 0.1) is 5.92 Å². The molecule has 0 heterocycles. The summed E-state index contributed by atoms with van der Waals surface area (Å²) in [6.45, 7) is 3.84. The third-order valence-corrected chi connectivity index (χ3v) is 3.39. The monoisotopic (exact) mass is 215 g/mol. The zero-order valence-electron chi connectivity index (χ0n) is 10.1. The number of likely N-dealkylation sites (N-methyl/N-ethyl adjacent to an activating group) is 1. The Bertz CT molecular complexity index is 165. The van der Waals surface area contributed by atoms with Crippen molar-refractivity contribution in [1.82, 2.24) is 5.32 Å². The summed E-state index contributed by atoms with van der Waals surface area (Å²) in [5.41, 5.74) is -0.174. The minimum atomic E-state index is -0.174. The van der Waals surface area contributed by atoms with Crippen LogP contribution in [0.3, 0.4) is 0 Å². The van der Waals surface area contributed by atoms with E-state index in [0.717, 1.165) is 13.0 Å². The van der Waals surface area contributed by atoms with Gasteiger partial charge < -0.3 is 15.2 Å². The van der Waals surface area contributed by atoms with Gasteiger partial charge in [0.1, 0.15) is 0 Å². The van der Waals surface area contributed by atoms with Crippen LogP contribution in [0.2, 0.25) is 0 Å². The van der Waals surface area contributed by atoms with Crippen LogP contribution in [0.5, 0.6) is 0 Å². The number of ether oxygens (including phenoxy) is 1. The minimum absolute atomic E-state index is 0.174. The van der Waals surface area contributed by atoms with Gasteiger partial charge in [0.2, 0.25) is 0 Å². The predicted molar refractivity (Wildman–Crippen MR) is 61.9 cm³/mol. The average molecular weight is 215 g/mol. The lowest BCUT2D eigenvalue weighted by molar-refractivity contribution is 0.0264. The smallest absolute Gasteiger partial charge is 0.0676 e. The highest BCUT2D eigenvalue weighted by Gasteiger charge is 2.43. The Morgan fingerprint density at radius 3 is 2.60 bits per heavy atom. The summed E-state index contributed by atoms with van der Waals surface area (Å²) in [5, 5.41) is 12.7. The third kappa shape index (κ3) is 3.74. The van der Waals surface area contributed by atoms with Crippen molar-refractivity contribution in [3.63, 3.8) is 0 Å². The molecule has 15 heavy (non-hydrogen) atoms. The largest absolute Gasteiger partial charge is 0.394 e. The molecule has 1 fully saturated rings. The quantitative estimate of drug-likeness (QED) is 0.573. The zero-order valence-corrected chi connectivity index (χ0v) is 10.1. The van der Waals surface area contributed by atoms with Crippen molar-refractivity contribution < 1.29 is 9.84 Å². The Labute approximate surface area is 93.2 Å². The highest BCUT2D eigenvalue weighted by molar-refractivity contribution is 5.00. The first-order chi connectivity index (χ1) is 7.29. The van der Waals surface area contributed by atoms with E-state index >= 15 is 0 Å². The molecule has 1 saturated carbocycles. The van der Waals surface area contributed by atoms with E-state index in [1.165, 1.54) is 25.7 Å². The van der Waals surface area contributed by atoms with Crippen molar-refractivity contribution >= 4 is 0 Å². The molecule has 0 spiro atoms. The van der Waals surface area contributed by atoms with E-state index in [4.69, 9.17) is 4.74 Å². The highest BCUT2D eigenvalue weighted by Crippen LogP contribution is 2.39. The lowest BCUT2D eigenvalue weighted by Gasteiger charge is -2.31. The minimum Gasteiger partial charge on any atom is -0.394 e. The number of hydrogen-bond acceptors (Lipinski definition) is 3. The van der Waals surface area contributed by atoms with Gasteiger partial charge in [-0.1, -0.05) is 19.8 Å². The molecule has 1 unspecified atom stereocenters. The number of hydrogen-bond donors (Lipinski definition) is 2. The maximum absolute atomic E-state index is 9.45. The molecule has 1 rings (SSSR count). The molecule has 3 heteroatoms.